The Kier molecular flexibility index (Phi) is 5.84. The minimum atomic E-state index is 0. The average molecular weight is 374 g/mol. The van der Waals surface area contributed by atoms with Crippen molar-refractivity contribution in [3.8, 4) is 0 Å². The number of anilines is 3. The van der Waals surface area contributed by atoms with E-state index in [0.717, 1.165) is 23.2 Å². The van der Waals surface area contributed by atoms with Gasteiger partial charge >= 0.3 is 0 Å². The first-order valence-electron chi connectivity index (χ1n) is 9.57. The summed E-state index contributed by atoms with van der Waals surface area (Å²) in [7, 11) is 0. The number of aryl methyl sites for hydroxylation is 1. The Morgan fingerprint density at radius 3 is 2.46 bits per heavy atom. The fourth-order valence-electron chi connectivity index (χ4n) is 3.10. The molecule has 2 aromatic carbocycles. The van der Waals surface area contributed by atoms with Crippen molar-refractivity contribution in [3.63, 3.8) is 0 Å². The van der Waals surface area contributed by atoms with Crippen LogP contribution in [-0.2, 0) is 6.42 Å². The van der Waals surface area contributed by atoms with Gasteiger partial charge in [0.15, 0.2) is 5.82 Å². The summed E-state index contributed by atoms with van der Waals surface area (Å²) in [4.78, 5) is 6.06. The van der Waals surface area contributed by atoms with Gasteiger partial charge in [-0.3, -0.25) is 15.7 Å². The number of rotatable bonds is 2. The highest BCUT2D eigenvalue weighted by atomic mass is 15.2. The molecule has 0 saturated carbocycles. The minimum absolute atomic E-state index is 0. The fourth-order valence-corrected chi connectivity index (χ4v) is 3.10. The highest BCUT2D eigenvalue weighted by Gasteiger charge is 2.28. The van der Waals surface area contributed by atoms with E-state index in [0.29, 0.717) is 11.5 Å². The molecule has 3 N–H and O–H groups in total. The number of para-hydroxylation sites is 1. The fraction of sp³-hybridized carbons (Fsp3) is 0.174. The normalized spacial score (nSPS) is 12.0. The van der Waals surface area contributed by atoms with E-state index in [2.05, 4.69) is 17.2 Å². The molecule has 144 valence electrons. The van der Waals surface area contributed by atoms with Gasteiger partial charge in [0.2, 0.25) is 0 Å². The number of aromatic nitrogens is 1. The van der Waals surface area contributed by atoms with Crippen LogP contribution in [0.1, 0.15) is 38.9 Å². The van der Waals surface area contributed by atoms with Crippen molar-refractivity contribution in [3.05, 3.63) is 83.6 Å². The first kappa shape index (κ1) is 19.3. The first-order valence-corrected chi connectivity index (χ1v) is 9.57. The molecule has 1 aliphatic rings. The van der Waals surface area contributed by atoms with E-state index in [-0.39, 0.29) is 13.1 Å². The van der Waals surface area contributed by atoms with E-state index in [1.54, 1.807) is 11.1 Å². The van der Waals surface area contributed by atoms with Gasteiger partial charge in [-0.15, -0.1) is 0 Å². The molecule has 0 amide bonds. The van der Waals surface area contributed by atoms with Gasteiger partial charge in [-0.05, 0) is 36.2 Å². The summed E-state index contributed by atoms with van der Waals surface area (Å²) in [5.41, 5.74) is 4.23. The molecule has 28 heavy (non-hydrogen) atoms. The molecular weight excluding hydrogens is 346 g/mol. The molecule has 0 radical (unpaired) electrons. The lowest BCUT2D eigenvalue weighted by Crippen LogP contribution is -2.36. The number of hydrogen-bond donors (Lipinski definition) is 3. The lowest BCUT2D eigenvalue weighted by Gasteiger charge is -2.25. The largest absolute Gasteiger partial charge is 0.338 e. The van der Waals surface area contributed by atoms with Crippen LogP contribution in [0.4, 0.5) is 17.2 Å². The van der Waals surface area contributed by atoms with E-state index >= 15 is 0 Å². The maximum atomic E-state index is 8.78. The van der Waals surface area contributed by atoms with Crippen molar-refractivity contribution in [1.82, 2.24) is 4.98 Å². The van der Waals surface area contributed by atoms with Crippen molar-refractivity contribution in [1.29, 1.82) is 10.8 Å². The van der Waals surface area contributed by atoms with Gasteiger partial charge in [0.05, 0.1) is 11.4 Å². The molecule has 2 heterocycles. The van der Waals surface area contributed by atoms with Crippen LogP contribution in [0, 0.1) is 10.8 Å². The third-order valence-electron chi connectivity index (χ3n) is 4.55. The zero-order valence-electron chi connectivity index (χ0n) is 16.5. The second-order valence-electron chi connectivity index (χ2n) is 6.12. The monoisotopic (exact) mass is 373 g/mol. The van der Waals surface area contributed by atoms with Crippen LogP contribution in [0.2, 0.25) is 0 Å². The second-order valence-corrected chi connectivity index (χ2v) is 6.12. The predicted octanol–water partition coefficient (Wildman–Crippen LogP) is 5.83. The zero-order valence-corrected chi connectivity index (χ0v) is 16.5. The van der Waals surface area contributed by atoms with Gasteiger partial charge < -0.3 is 5.32 Å². The molecule has 0 spiro atoms. The Labute approximate surface area is 167 Å². The smallest absolute Gasteiger partial charge is 0.154 e. The first-order chi connectivity index (χ1) is 13.7. The van der Waals surface area contributed by atoms with Crippen LogP contribution in [0.15, 0.2) is 66.9 Å². The zero-order chi connectivity index (χ0) is 20.1. The number of nitrogens with one attached hydrogen (secondary N) is 3. The molecule has 0 fully saturated rings. The molecule has 0 bridgehead atoms. The Morgan fingerprint density at radius 1 is 1.04 bits per heavy atom. The van der Waals surface area contributed by atoms with Crippen LogP contribution in [-0.4, -0.2) is 16.7 Å². The van der Waals surface area contributed by atoms with E-state index in [1.165, 1.54) is 5.56 Å². The standard InChI is InChI=1S/C21H19N5.C2H6.H2/c1-2-14-9-11-15(12-10-14)19(22)26-18-8-5-13-24-21(18)25-17-7-4-3-6-16(17)20(26)23;1-2;/h3-13,22-23H,2H2,1H3,(H,24,25);1-2H3;1H. The predicted molar refractivity (Wildman–Crippen MR) is 119 cm³/mol. The lowest BCUT2D eigenvalue weighted by atomic mass is 10.1. The summed E-state index contributed by atoms with van der Waals surface area (Å²) in [5.74, 6) is 1.15. The summed E-state index contributed by atoms with van der Waals surface area (Å²) >= 11 is 0. The Bertz CT molecular complexity index is 998. The molecule has 0 atom stereocenters. The van der Waals surface area contributed by atoms with Crippen molar-refractivity contribution in [2.24, 2.45) is 0 Å². The van der Waals surface area contributed by atoms with Gasteiger partial charge in [-0.1, -0.05) is 57.2 Å². The molecular formula is C23H27N5. The van der Waals surface area contributed by atoms with E-state index in [4.69, 9.17) is 10.8 Å². The molecule has 4 rings (SSSR count). The number of amidine groups is 2. The van der Waals surface area contributed by atoms with Gasteiger partial charge in [0.25, 0.3) is 0 Å². The van der Waals surface area contributed by atoms with E-state index in [9.17, 15) is 0 Å². The topological polar surface area (TPSA) is 75.9 Å². The summed E-state index contributed by atoms with van der Waals surface area (Å²) in [5, 5.41) is 20.9. The van der Waals surface area contributed by atoms with Crippen molar-refractivity contribution >= 4 is 28.9 Å². The maximum Gasteiger partial charge on any atom is 0.154 e. The maximum absolute atomic E-state index is 8.78. The Hall–Kier alpha value is -3.47. The van der Waals surface area contributed by atoms with Gasteiger partial charge in [0, 0.05) is 18.8 Å². The van der Waals surface area contributed by atoms with E-state index in [1.807, 2.05) is 74.5 Å². The van der Waals surface area contributed by atoms with Crippen molar-refractivity contribution in [2.45, 2.75) is 27.2 Å². The van der Waals surface area contributed by atoms with Crippen LogP contribution in [0.5, 0.6) is 0 Å². The summed E-state index contributed by atoms with van der Waals surface area (Å²) in [6.45, 7) is 6.11. The molecule has 5 nitrogen and oxygen atoms in total. The molecule has 1 aliphatic heterocycles. The number of pyridine rings is 1. The summed E-state index contributed by atoms with van der Waals surface area (Å²) in [6, 6.07) is 19.3. The van der Waals surface area contributed by atoms with Crippen LogP contribution in [0.25, 0.3) is 0 Å². The van der Waals surface area contributed by atoms with Crippen molar-refractivity contribution in [2.75, 3.05) is 10.2 Å². The Balaban J connectivity index is 0.000000970. The third kappa shape index (κ3) is 3.51. The van der Waals surface area contributed by atoms with E-state index < -0.39 is 0 Å². The minimum Gasteiger partial charge on any atom is -0.338 e. The van der Waals surface area contributed by atoms with Crippen LogP contribution < -0.4 is 10.2 Å². The lowest BCUT2D eigenvalue weighted by molar-refractivity contribution is 1.14. The van der Waals surface area contributed by atoms with Gasteiger partial charge in [0.1, 0.15) is 11.7 Å². The van der Waals surface area contributed by atoms with Gasteiger partial charge in [-0.25, -0.2) is 4.98 Å². The van der Waals surface area contributed by atoms with Crippen LogP contribution >= 0.6 is 0 Å². The quantitative estimate of drug-likeness (QED) is 0.391. The SMILES string of the molecule is CC.CCc1ccc(C(=N)N2C(=N)c3ccccc3Nc3ncccc32)cc1.[HH]. The highest BCUT2D eigenvalue weighted by molar-refractivity contribution is 6.30. The number of fused-ring (bicyclic) bond motifs is 2. The molecule has 0 unspecified atom stereocenters. The number of hydrogen-bond acceptors (Lipinski definition) is 4. The molecule has 5 heteroatoms. The second kappa shape index (κ2) is 8.48. The third-order valence-corrected chi connectivity index (χ3v) is 4.55. The molecule has 1 aromatic heterocycles. The molecule has 3 aromatic rings. The number of benzene rings is 2. The average Bonchev–Trinajstić information content (AvgIpc) is 2.88. The van der Waals surface area contributed by atoms with Crippen LogP contribution in [0.3, 0.4) is 0 Å². The summed E-state index contributed by atoms with van der Waals surface area (Å²) < 4.78 is 0. The van der Waals surface area contributed by atoms with Crippen molar-refractivity contribution < 1.29 is 1.43 Å². The number of nitrogens with zero attached hydrogens (tertiary/aromatic N) is 2. The Morgan fingerprint density at radius 2 is 1.75 bits per heavy atom. The molecule has 0 aliphatic carbocycles. The summed E-state index contributed by atoms with van der Waals surface area (Å²) in [6.07, 6.45) is 2.67. The highest BCUT2D eigenvalue weighted by Crippen LogP contribution is 2.34. The van der Waals surface area contributed by atoms with Gasteiger partial charge in [-0.2, -0.15) is 0 Å². The molecule has 0 saturated heterocycles.